The monoisotopic (exact) mass is 496 g/mol. The first-order valence-electron chi connectivity index (χ1n) is 11.4. The lowest BCUT2D eigenvalue weighted by Crippen LogP contribution is -2.49. The zero-order valence-corrected chi connectivity index (χ0v) is 19.6. The number of rotatable bonds is 4. The number of hydrogen-bond donors (Lipinski definition) is 1. The normalized spacial score (nSPS) is 18.6. The maximum atomic E-state index is 13.8. The van der Waals surface area contributed by atoms with Crippen molar-refractivity contribution < 1.29 is 32.2 Å². The number of hydrogen-bond acceptors (Lipinski definition) is 4. The van der Waals surface area contributed by atoms with Crippen LogP contribution in [0.4, 0.5) is 18.9 Å². The molecule has 0 fully saturated rings. The van der Waals surface area contributed by atoms with Crippen molar-refractivity contribution in [3.05, 3.63) is 88.5 Å². The Morgan fingerprint density at radius 2 is 1.69 bits per heavy atom. The smallest absolute Gasteiger partial charge is 0.416 e. The zero-order valence-electron chi connectivity index (χ0n) is 19.6. The molecule has 3 aromatic rings. The molecule has 2 atom stereocenters. The van der Waals surface area contributed by atoms with E-state index in [1.807, 2.05) is 24.3 Å². The summed E-state index contributed by atoms with van der Waals surface area (Å²) in [5.74, 6) is -0.972. The van der Waals surface area contributed by atoms with E-state index >= 15 is 0 Å². The molecule has 0 bridgehead atoms. The summed E-state index contributed by atoms with van der Waals surface area (Å²) < 4.78 is 50.6. The van der Waals surface area contributed by atoms with E-state index in [1.165, 1.54) is 26.4 Å². The van der Waals surface area contributed by atoms with E-state index in [4.69, 9.17) is 9.47 Å². The molecule has 0 aliphatic carbocycles. The Morgan fingerprint density at radius 1 is 0.972 bits per heavy atom. The number of carbonyl (C=O) groups is 2. The summed E-state index contributed by atoms with van der Waals surface area (Å²) in [5, 5.41) is 2.66. The van der Waals surface area contributed by atoms with E-state index in [0.717, 1.165) is 23.3 Å². The SMILES string of the molecule is COc1cc2c(cc1OC)[C@@H](C(=O)Nc1cccc(C(F)(F)F)c1)[C@H]1c3ccccc3CCN1C2=O. The van der Waals surface area contributed by atoms with Gasteiger partial charge in [-0.3, -0.25) is 9.59 Å². The number of amides is 2. The van der Waals surface area contributed by atoms with Gasteiger partial charge in [-0.1, -0.05) is 30.3 Å². The van der Waals surface area contributed by atoms with Crippen LogP contribution >= 0.6 is 0 Å². The van der Waals surface area contributed by atoms with Crippen molar-refractivity contribution in [3.8, 4) is 11.5 Å². The quantitative estimate of drug-likeness (QED) is 0.539. The third-order valence-corrected chi connectivity index (χ3v) is 6.77. The van der Waals surface area contributed by atoms with Crippen LogP contribution in [0.15, 0.2) is 60.7 Å². The molecular weight excluding hydrogens is 473 g/mol. The van der Waals surface area contributed by atoms with E-state index < -0.39 is 29.6 Å². The molecular formula is C27H23F3N2O4. The number of nitrogens with zero attached hydrogens (tertiary/aromatic N) is 1. The van der Waals surface area contributed by atoms with Crippen LogP contribution in [0.1, 0.15) is 44.6 Å². The Kier molecular flexibility index (Phi) is 5.86. The molecule has 0 spiro atoms. The van der Waals surface area contributed by atoms with Crippen LogP contribution < -0.4 is 14.8 Å². The summed E-state index contributed by atoms with van der Waals surface area (Å²) in [6.07, 6.45) is -3.92. The second kappa shape index (κ2) is 8.89. The van der Waals surface area contributed by atoms with Crippen molar-refractivity contribution in [1.82, 2.24) is 4.90 Å². The van der Waals surface area contributed by atoms with Gasteiger partial charge in [-0.15, -0.1) is 0 Å². The van der Waals surface area contributed by atoms with Gasteiger partial charge in [0.2, 0.25) is 5.91 Å². The van der Waals surface area contributed by atoms with Crippen molar-refractivity contribution in [2.24, 2.45) is 0 Å². The summed E-state index contributed by atoms with van der Waals surface area (Å²) in [5.41, 5.74) is 1.74. The molecule has 0 radical (unpaired) electrons. The topological polar surface area (TPSA) is 67.9 Å². The number of ether oxygens (including phenoxy) is 2. The molecule has 2 aliphatic heterocycles. The average molecular weight is 496 g/mol. The van der Waals surface area contributed by atoms with E-state index in [-0.39, 0.29) is 11.6 Å². The highest BCUT2D eigenvalue weighted by Gasteiger charge is 2.47. The van der Waals surface area contributed by atoms with Gasteiger partial charge in [0, 0.05) is 17.8 Å². The van der Waals surface area contributed by atoms with Gasteiger partial charge in [0.05, 0.1) is 31.7 Å². The number of alkyl halides is 3. The van der Waals surface area contributed by atoms with Crippen molar-refractivity contribution in [2.45, 2.75) is 24.6 Å². The molecule has 2 aliphatic rings. The average Bonchev–Trinajstić information content (AvgIpc) is 2.87. The highest BCUT2D eigenvalue weighted by Crippen LogP contribution is 2.48. The van der Waals surface area contributed by atoms with Gasteiger partial charge in [0.15, 0.2) is 11.5 Å². The van der Waals surface area contributed by atoms with Crippen molar-refractivity contribution >= 4 is 17.5 Å². The van der Waals surface area contributed by atoms with Crippen LogP contribution in [0.3, 0.4) is 0 Å². The molecule has 0 unspecified atom stereocenters. The van der Waals surface area contributed by atoms with Crippen molar-refractivity contribution in [3.63, 3.8) is 0 Å². The van der Waals surface area contributed by atoms with Gasteiger partial charge in [0.1, 0.15) is 0 Å². The maximum absolute atomic E-state index is 13.8. The predicted octanol–water partition coefficient (Wildman–Crippen LogP) is 5.20. The minimum Gasteiger partial charge on any atom is -0.493 e. The fraction of sp³-hybridized carbons (Fsp3) is 0.259. The third-order valence-electron chi connectivity index (χ3n) is 6.77. The Bertz CT molecular complexity index is 1360. The second-order valence-electron chi connectivity index (χ2n) is 8.73. The number of fused-ring (bicyclic) bond motifs is 4. The Hall–Kier alpha value is -4.01. The number of benzene rings is 3. The molecule has 0 aromatic heterocycles. The molecule has 6 nitrogen and oxygen atoms in total. The minimum atomic E-state index is -4.55. The first kappa shape index (κ1) is 23.7. The number of halogens is 3. The largest absolute Gasteiger partial charge is 0.493 e. The highest BCUT2D eigenvalue weighted by atomic mass is 19.4. The van der Waals surface area contributed by atoms with Crippen molar-refractivity contribution in [1.29, 1.82) is 0 Å². The molecule has 186 valence electrons. The van der Waals surface area contributed by atoms with Gasteiger partial charge >= 0.3 is 6.18 Å². The molecule has 36 heavy (non-hydrogen) atoms. The highest BCUT2D eigenvalue weighted by molar-refractivity contribution is 6.05. The molecule has 1 N–H and O–H groups in total. The van der Waals surface area contributed by atoms with Gasteiger partial charge in [-0.2, -0.15) is 13.2 Å². The lowest BCUT2D eigenvalue weighted by molar-refractivity contribution is -0.137. The van der Waals surface area contributed by atoms with Gasteiger partial charge < -0.3 is 19.7 Å². The Labute approximate surface area is 205 Å². The van der Waals surface area contributed by atoms with E-state index in [0.29, 0.717) is 35.6 Å². The lowest BCUT2D eigenvalue weighted by Gasteiger charge is -2.45. The predicted molar refractivity (Wildman–Crippen MR) is 126 cm³/mol. The Balaban J connectivity index is 1.65. The summed E-state index contributed by atoms with van der Waals surface area (Å²) in [6, 6.07) is 14.6. The summed E-state index contributed by atoms with van der Waals surface area (Å²) in [6.45, 7) is 0.404. The summed E-state index contributed by atoms with van der Waals surface area (Å²) >= 11 is 0. The molecule has 0 saturated carbocycles. The molecule has 2 heterocycles. The Morgan fingerprint density at radius 3 is 2.42 bits per heavy atom. The van der Waals surface area contributed by atoms with Gasteiger partial charge in [0.25, 0.3) is 5.91 Å². The van der Waals surface area contributed by atoms with Gasteiger partial charge in [-0.05, 0) is 53.4 Å². The third kappa shape index (κ3) is 3.94. The molecule has 3 aromatic carbocycles. The zero-order chi connectivity index (χ0) is 25.6. The van der Waals surface area contributed by atoms with Crippen molar-refractivity contribution in [2.75, 3.05) is 26.1 Å². The molecule has 9 heteroatoms. The molecule has 5 rings (SSSR count). The minimum absolute atomic E-state index is 0.0180. The van der Waals surface area contributed by atoms with Crippen LogP contribution in [0.25, 0.3) is 0 Å². The van der Waals surface area contributed by atoms with Crippen LogP contribution in [0, 0.1) is 0 Å². The number of anilines is 1. The standard InChI is InChI=1S/C27H23F3N2O4/c1-35-21-13-19-20(14-22(21)36-2)26(34)32-11-10-15-6-3-4-9-18(15)24(32)23(19)25(33)31-17-8-5-7-16(12-17)27(28,29)30/h3-9,12-14,23-24H,10-11H2,1-2H3,(H,31,33)/t23-,24-/m1/s1. The van der Waals surface area contributed by atoms with Crippen LogP contribution in [0.2, 0.25) is 0 Å². The maximum Gasteiger partial charge on any atom is 0.416 e. The van der Waals surface area contributed by atoms with Crippen LogP contribution in [-0.2, 0) is 17.4 Å². The van der Waals surface area contributed by atoms with Crippen LogP contribution in [-0.4, -0.2) is 37.5 Å². The van der Waals surface area contributed by atoms with E-state index in [2.05, 4.69) is 5.32 Å². The second-order valence-corrected chi connectivity index (χ2v) is 8.73. The van der Waals surface area contributed by atoms with Crippen LogP contribution in [0.5, 0.6) is 11.5 Å². The fourth-order valence-electron chi connectivity index (χ4n) is 5.13. The molecule has 0 saturated heterocycles. The number of carbonyl (C=O) groups excluding carboxylic acids is 2. The van der Waals surface area contributed by atoms with E-state index in [1.54, 1.807) is 17.0 Å². The lowest BCUT2D eigenvalue weighted by atomic mass is 9.75. The van der Waals surface area contributed by atoms with Gasteiger partial charge in [-0.25, -0.2) is 0 Å². The summed E-state index contributed by atoms with van der Waals surface area (Å²) in [4.78, 5) is 29.1. The summed E-state index contributed by atoms with van der Waals surface area (Å²) in [7, 11) is 2.91. The fourth-order valence-corrected chi connectivity index (χ4v) is 5.13. The molecule has 2 amide bonds. The number of nitrogens with one attached hydrogen (secondary N) is 1. The first-order chi connectivity index (χ1) is 17.2. The number of methoxy groups -OCH3 is 2. The van der Waals surface area contributed by atoms with E-state index in [9.17, 15) is 22.8 Å². The first-order valence-corrected chi connectivity index (χ1v) is 11.4.